The van der Waals surface area contributed by atoms with E-state index in [2.05, 4.69) is 15.8 Å². The van der Waals surface area contributed by atoms with Crippen LogP contribution in [0.25, 0.3) is 10.8 Å². The molecule has 0 heterocycles. The van der Waals surface area contributed by atoms with Gasteiger partial charge in [-0.1, -0.05) is 65.7 Å². The van der Waals surface area contributed by atoms with E-state index in [9.17, 15) is 14.4 Å². The van der Waals surface area contributed by atoms with Crippen LogP contribution >= 0.6 is 11.6 Å². The third kappa shape index (κ3) is 5.76. The van der Waals surface area contributed by atoms with Gasteiger partial charge in [0.25, 0.3) is 0 Å². The van der Waals surface area contributed by atoms with Crippen LogP contribution in [0, 0.1) is 13.8 Å². The molecule has 0 aliphatic heterocycles. The standard InChI is InChI=1S/C28H22ClN3O4/c1-17-7-10-20(11-8-17)28(35)36-25-14-12-19-5-3-4-6-22(19)23(25)16-30-32-27(34)26(33)31-21-13-9-18(2)24(29)15-21/h3-16H,1-2H3,(H,31,33)(H,32,34). The molecule has 180 valence electrons. The molecule has 0 aliphatic rings. The lowest BCUT2D eigenvalue weighted by Gasteiger charge is -2.11. The van der Waals surface area contributed by atoms with Crippen LogP contribution in [-0.2, 0) is 9.59 Å². The Morgan fingerprint density at radius 3 is 2.39 bits per heavy atom. The summed E-state index contributed by atoms with van der Waals surface area (Å²) in [5.74, 6) is -2.14. The lowest BCUT2D eigenvalue weighted by atomic mass is 10.0. The van der Waals surface area contributed by atoms with Gasteiger partial charge < -0.3 is 10.1 Å². The van der Waals surface area contributed by atoms with Crippen LogP contribution in [0.5, 0.6) is 5.75 Å². The van der Waals surface area contributed by atoms with Crippen molar-refractivity contribution in [1.29, 1.82) is 0 Å². The summed E-state index contributed by atoms with van der Waals surface area (Å²) in [6.45, 7) is 3.76. The summed E-state index contributed by atoms with van der Waals surface area (Å²) in [4.78, 5) is 37.2. The van der Waals surface area contributed by atoms with Crippen LogP contribution in [0.3, 0.4) is 0 Å². The molecule has 0 radical (unpaired) electrons. The minimum atomic E-state index is -0.971. The van der Waals surface area contributed by atoms with Crippen molar-refractivity contribution in [3.63, 3.8) is 0 Å². The molecular formula is C28H22ClN3O4. The number of ether oxygens (including phenoxy) is 1. The second-order valence-electron chi connectivity index (χ2n) is 8.07. The highest BCUT2D eigenvalue weighted by molar-refractivity contribution is 6.40. The van der Waals surface area contributed by atoms with E-state index < -0.39 is 17.8 Å². The number of carbonyl (C=O) groups excluding carboxylic acids is 3. The van der Waals surface area contributed by atoms with E-state index in [1.54, 1.807) is 36.4 Å². The predicted molar refractivity (Wildman–Crippen MR) is 141 cm³/mol. The molecule has 0 bridgehead atoms. The van der Waals surface area contributed by atoms with Crippen LogP contribution in [-0.4, -0.2) is 24.0 Å². The van der Waals surface area contributed by atoms with E-state index in [4.69, 9.17) is 16.3 Å². The first-order valence-electron chi connectivity index (χ1n) is 11.0. The molecule has 2 N–H and O–H groups in total. The number of aryl methyl sites for hydroxylation is 2. The molecule has 0 aromatic heterocycles. The van der Waals surface area contributed by atoms with Gasteiger partial charge in [0.15, 0.2) is 0 Å². The Morgan fingerprint density at radius 1 is 0.889 bits per heavy atom. The smallest absolute Gasteiger partial charge is 0.343 e. The summed E-state index contributed by atoms with van der Waals surface area (Å²) in [5.41, 5.74) is 5.33. The Hall–Kier alpha value is -4.49. The average Bonchev–Trinajstić information content (AvgIpc) is 2.87. The lowest BCUT2D eigenvalue weighted by Crippen LogP contribution is -2.32. The van der Waals surface area contributed by atoms with Crippen LogP contribution < -0.4 is 15.5 Å². The molecule has 0 saturated carbocycles. The number of hydrogen-bond donors (Lipinski definition) is 2. The SMILES string of the molecule is Cc1ccc(C(=O)Oc2ccc3ccccc3c2C=NNC(=O)C(=O)Nc2ccc(C)c(Cl)c2)cc1. The molecule has 7 nitrogen and oxygen atoms in total. The van der Waals surface area contributed by atoms with Crippen LogP contribution in [0.4, 0.5) is 5.69 Å². The number of hydrogen-bond acceptors (Lipinski definition) is 5. The van der Waals surface area contributed by atoms with Gasteiger partial charge in [-0.25, -0.2) is 10.2 Å². The van der Waals surface area contributed by atoms with Crippen LogP contribution in [0.1, 0.15) is 27.0 Å². The zero-order chi connectivity index (χ0) is 25.7. The second-order valence-corrected chi connectivity index (χ2v) is 8.48. The van der Waals surface area contributed by atoms with Gasteiger partial charge in [-0.05, 0) is 60.5 Å². The van der Waals surface area contributed by atoms with E-state index in [-0.39, 0.29) is 5.75 Å². The second kappa shape index (κ2) is 10.8. The van der Waals surface area contributed by atoms with E-state index >= 15 is 0 Å². The zero-order valence-electron chi connectivity index (χ0n) is 19.5. The fourth-order valence-corrected chi connectivity index (χ4v) is 3.59. The molecule has 2 amide bonds. The first-order chi connectivity index (χ1) is 17.3. The fourth-order valence-electron chi connectivity index (χ4n) is 3.41. The van der Waals surface area contributed by atoms with Gasteiger partial charge in [0.2, 0.25) is 0 Å². The van der Waals surface area contributed by atoms with Gasteiger partial charge in [-0.2, -0.15) is 5.10 Å². The molecule has 0 aliphatic carbocycles. The zero-order valence-corrected chi connectivity index (χ0v) is 20.3. The third-order valence-electron chi connectivity index (χ3n) is 5.42. The summed E-state index contributed by atoms with van der Waals surface area (Å²) < 4.78 is 5.65. The van der Waals surface area contributed by atoms with Crippen molar-refractivity contribution in [1.82, 2.24) is 5.43 Å². The number of benzene rings is 4. The Labute approximate surface area is 212 Å². The molecule has 4 aromatic carbocycles. The van der Waals surface area contributed by atoms with E-state index in [0.29, 0.717) is 21.8 Å². The van der Waals surface area contributed by atoms with Gasteiger partial charge in [0, 0.05) is 16.3 Å². The topological polar surface area (TPSA) is 96.9 Å². The van der Waals surface area contributed by atoms with E-state index in [1.807, 2.05) is 56.3 Å². The van der Waals surface area contributed by atoms with Crippen LogP contribution in [0.2, 0.25) is 5.02 Å². The number of rotatable bonds is 5. The number of carbonyl (C=O) groups is 3. The Morgan fingerprint density at radius 2 is 1.64 bits per heavy atom. The van der Waals surface area contributed by atoms with Gasteiger partial charge in [-0.15, -0.1) is 0 Å². The summed E-state index contributed by atoms with van der Waals surface area (Å²) in [6.07, 6.45) is 1.34. The van der Waals surface area contributed by atoms with Crippen molar-refractivity contribution in [3.05, 3.63) is 106 Å². The number of amides is 2. The monoisotopic (exact) mass is 499 g/mol. The number of nitrogens with one attached hydrogen (secondary N) is 2. The van der Waals surface area contributed by atoms with Crippen molar-refractivity contribution < 1.29 is 19.1 Å². The fraction of sp³-hybridized carbons (Fsp3) is 0.0714. The highest BCUT2D eigenvalue weighted by Crippen LogP contribution is 2.27. The number of halogens is 1. The minimum absolute atomic E-state index is 0.260. The van der Waals surface area contributed by atoms with Crippen molar-refractivity contribution in [3.8, 4) is 5.75 Å². The highest BCUT2D eigenvalue weighted by atomic mass is 35.5. The number of esters is 1. The molecule has 36 heavy (non-hydrogen) atoms. The first-order valence-corrected chi connectivity index (χ1v) is 11.4. The van der Waals surface area contributed by atoms with Crippen molar-refractivity contribution in [2.75, 3.05) is 5.32 Å². The average molecular weight is 500 g/mol. The molecule has 0 unspecified atom stereocenters. The normalized spacial score (nSPS) is 10.9. The Kier molecular flexibility index (Phi) is 7.42. The van der Waals surface area contributed by atoms with Gasteiger partial charge in [-0.3, -0.25) is 9.59 Å². The molecule has 4 aromatic rings. The molecule has 0 atom stereocenters. The van der Waals surface area contributed by atoms with Crippen molar-refractivity contribution in [2.24, 2.45) is 5.10 Å². The summed E-state index contributed by atoms with van der Waals surface area (Å²) in [5, 5.41) is 8.51. The summed E-state index contributed by atoms with van der Waals surface area (Å²) >= 11 is 6.06. The van der Waals surface area contributed by atoms with Crippen molar-refractivity contribution >= 4 is 52.1 Å². The molecule has 0 fully saturated rings. The maximum Gasteiger partial charge on any atom is 0.343 e. The number of anilines is 1. The maximum atomic E-state index is 12.7. The summed E-state index contributed by atoms with van der Waals surface area (Å²) in [7, 11) is 0. The van der Waals surface area contributed by atoms with Gasteiger partial charge in [0.05, 0.1) is 11.8 Å². The molecule has 0 spiro atoms. The largest absolute Gasteiger partial charge is 0.422 e. The number of fused-ring (bicyclic) bond motifs is 1. The number of nitrogens with zero attached hydrogens (tertiary/aromatic N) is 1. The van der Waals surface area contributed by atoms with Crippen molar-refractivity contribution in [2.45, 2.75) is 13.8 Å². The van der Waals surface area contributed by atoms with E-state index in [0.717, 1.165) is 21.9 Å². The van der Waals surface area contributed by atoms with Crippen LogP contribution in [0.15, 0.2) is 84.0 Å². The Balaban J connectivity index is 1.53. The predicted octanol–water partition coefficient (Wildman–Crippen LogP) is 5.42. The van der Waals surface area contributed by atoms with E-state index in [1.165, 1.54) is 6.21 Å². The number of hydrazone groups is 1. The lowest BCUT2D eigenvalue weighted by molar-refractivity contribution is -0.136. The highest BCUT2D eigenvalue weighted by Gasteiger charge is 2.15. The van der Waals surface area contributed by atoms with Gasteiger partial charge >= 0.3 is 17.8 Å². The first kappa shape index (κ1) is 24.6. The van der Waals surface area contributed by atoms with Gasteiger partial charge in [0.1, 0.15) is 5.75 Å². The molecule has 0 saturated heterocycles. The quantitative estimate of drug-likeness (QED) is 0.126. The summed E-state index contributed by atoms with van der Waals surface area (Å²) in [6, 6.07) is 22.9. The Bertz CT molecular complexity index is 1500. The molecule has 8 heteroatoms. The third-order valence-corrected chi connectivity index (χ3v) is 5.82. The maximum absolute atomic E-state index is 12.7. The molecule has 4 rings (SSSR count). The minimum Gasteiger partial charge on any atom is -0.422 e. The molecular weight excluding hydrogens is 478 g/mol.